The fourth-order valence-corrected chi connectivity index (χ4v) is 0.350. The molecule has 0 rings (SSSR count). The Hall–Kier alpha value is -1.27. The molecule has 0 bridgehead atoms. The van der Waals surface area contributed by atoms with Gasteiger partial charge in [0.15, 0.2) is 0 Å². The Bertz CT molecular complexity index is 201. The number of halogens is 3. The fourth-order valence-electron chi connectivity index (χ4n) is 0.350. The summed E-state index contributed by atoms with van der Waals surface area (Å²) >= 11 is 0. The first-order valence-electron chi connectivity index (χ1n) is 2.92. The Balaban J connectivity index is 4.11. The van der Waals surface area contributed by atoms with Gasteiger partial charge in [-0.1, -0.05) is 0 Å². The molecule has 0 aliphatic carbocycles. The van der Waals surface area contributed by atoms with Crippen molar-refractivity contribution in [3.05, 3.63) is 0 Å². The van der Waals surface area contributed by atoms with Gasteiger partial charge in [0.05, 0.1) is 0 Å². The number of hydrogen-bond acceptors (Lipinski definition) is 2. The SMILES string of the molecule is CC(NC(=O)C(F)(F)F)C(N)=O. The van der Waals surface area contributed by atoms with Crippen molar-refractivity contribution in [2.24, 2.45) is 5.73 Å². The smallest absolute Gasteiger partial charge is 0.368 e. The first-order chi connectivity index (χ1) is 5.25. The monoisotopic (exact) mass is 184 g/mol. The summed E-state index contributed by atoms with van der Waals surface area (Å²) in [6.45, 7) is 1.06. The van der Waals surface area contributed by atoms with E-state index in [1.807, 2.05) is 0 Å². The van der Waals surface area contributed by atoms with Gasteiger partial charge in [-0.15, -0.1) is 0 Å². The molecule has 1 atom stereocenters. The van der Waals surface area contributed by atoms with Crippen molar-refractivity contribution in [3.63, 3.8) is 0 Å². The van der Waals surface area contributed by atoms with E-state index < -0.39 is 24.0 Å². The Morgan fingerprint density at radius 1 is 1.42 bits per heavy atom. The molecule has 12 heavy (non-hydrogen) atoms. The molecule has 0 aromatic carbocycles. The molecule has 0 aromatic heterocycles. The molecule has 3 N–H and O–H groups in total. The van der Waals surface area contributed by atoms with Gasteiger partial charge in [0.25, 0.3) is 0 Å². The molecule has 0 radical (unpaired) electrons. The third kappa shape index (κ3) is 3.22. The standard InChI is InChI=1S/C5H7F3N2O2/c1-2(3(9)11)10-4(12)5(6,7)8/h2H,1H3,(H2,9,11)(H,10,12). The first-order valence-corrected chi connectivity index (χ1v) is 2.92. The Kier molecular flexibility index (Phi) is 3.06. The van der Waals surface area contributed by atoms with Gasteiger partial charge in [0, 0.05) is 0 Å². The maximum Gasteiger partial charge on any atom is 0.471 e. The molecule has 70 valence electrons. The molecule has 0 aliphatic rings. The van der Waals surface area contributed by atoms with Gasteiger partial charge < -0.3 is 11.1 Å². The van der Waals surface area contributed by atoms with Crippen molar-refractivity contribution >= 4 is 11.8 Å². The Morgan fingerprint density at radius 3 is 2.08 bits per heavy atom. The lowest BCUT2D eigenvalue weighted by Gasteiger charge is -2.11. The van der Waals surface area contributed by atoms with Crippen LogP contribution in [0.1, 0.15) is 6.92 Å². The van der Waals surface area contributed by atoms with Crippen molar-refractivity contribution in [2.45, 2.75) is 19.1 Å². The number of rotatable bonds is 2. The zero-order chi connectivity index (χ0) is 9.94. The average molecular weight is 184 g/mol. The number of amides is 2. The predicted octanol–water partition coefficient (Wildman–Crippen LogP) is -0.461. The van der Waals surface area contributed by atoms with Gasteiger partial charge in [-0.05, 0) is 6.92 Å². The van der Waals surface area contributed by atoms with Crippen LogP contribution in [0.5, 0.6) is 0 Å². The fraction of sp³-hybridized carbons (Fsp3) is 0.600. The number of carbonyl (C=O) groups excluding carboxylic acids is 2. The van der Waals surface area contributed by atoms with E-state index in [0.717, 1.165) is 6.92 Å². The Labute approximate surface area is 65.9 Å². The summed E-state index contributed by atoms with van der Waals surface area (Å²) in [4.78, 5) is 20.3. The summed E-state index contributed by atoms with van der Waals surface area (Å²) in [5.74, 6) is -3.19. The molecule has 0 heterocycles. The molecule has 1 unspecified atom stereocenters. The van der Waals surface area contributed by atoms with Crippen LogP contribution in [-0.4, -0.2) is 24.0 Å². The van der Waals surface area contributed by atoms with E-state index in [2.05, 4.69) is 5.73 Å². The maximum atomic E-state index is 11.5. The second-order valence-electron chi connectivity index (χ2n) is 2.10. The van der Waals surface area contributed by atoms with E-state index >= 15 is 0 Å². The van der Waals surface area contributed by atoms with Gasteiger partial charge in [-0.3, -0.25) is 9.59 Å². The highest BCUT2D eigenvalue weighted by molar-refractivity contribution is 5.88. The topological polar surface area (TPSA) is 72.2 Å². The number of carbonyl (C=O) groups is 2. The van der Waals surface area contributed by atoms with Crippen LogP contribution in [-0.2, 0) is 9.59 Å². The summed E-state index contributed by atoms with van der Waals surface area (Å²) < 4.78 is 34.5. The van der Waals surface area contributed by atoms with E-state index in [4.69, 9.17) is 0 Å². The van der Waals surface area contributed by atoms with Crippen molar-refractivity contribution in [1.82, 2.24) is 5.32 Å². The normalized spacial score (nSPS) is 13.7. The molecule has 0 aromatic rings. The number of alkyl halides is 3. The number of hydrogen-bond donors (Lipinski definition) is 2. The van der Waals surface area contributed by atoms with Crippen molar-refractivity contribution < 1.29 is 22.8 Å². The van der Waals surface area contributed by atoms with Crippen molar-refractivity contribution in [1.29, 1.82) is 0 Å². The van der Waals surface area contributed by atoms with E-state index in [1.165, 1.54) is 5.32 Å². The first kappa shape index (κ1) is 10.7. The number of nitrogens with one attached hydrogen (secondary N) is 1. The number of nitrogens with two attached hydrogens (primary N) is 1. The lowest BCUT2D eigenvalue weighted by atomic mass is 10.3. The second kappa shape index (κ2) is 3.42. The van der Waals surface area contributed by atoms with Crippen LogP contribution in [0, 0.1) is 0 Å². The highest BCUT2D eigenvalue weighted by Gasteiger charge is 2.39. The summed E-state index contributed by atoms with van der Waals surface area (Å²) in [5.41, 5.74) is 4.61. The molecule has 0 aliphatic heterocycles. The third-order valence-corrected chi connectivity index (χ3v) is 1.03. The minimum atomic E-state index is -4.98. The van der Waals surface area contributed by atoms with Crippen LogP contribution in [0.2, 0.25) is 0 Å². The summed E-state index contributed by atoms with van der Waals surface area (Å²) in [6, 6.07) is -1.32. The molecule has 0 saturated carbocycles. The van der Waals surface area contributed by atoms with Crippen LogP contribution in [0.15, 0.2) is 0 Å². The molecule has 0 saturated heterocycles. The third-order valence-electron chi connectivity index (χ3n) is 1.03. The van der Waals surface area contributed by atoms with Gasteiger partial charge in [-0.2, -0.15) is 13.2 Å². The zero-order valence-electron chi connectivity index (χ0n) is 6.11. The van der Waals surface area contributed by atoms with Crippen LogP contribution < -0.4 is 11.1 Å². The maximum absolute atomic E-state index is 11.5. The van der Waals surface area contributed by atoms with E-state index in [-0.39, 0.29) is 0 Å². The summed E-state index contributed by atoms with van der Waals surface area (Å²) in [5, 5.41) is 1.38. The van der Waals surface area contributed by atoms with E-state index in [0.29, 0.717) is 0 Å². The molecule has 7 heteroatoms. The van der Waals surface area contributed by atoms with Crippen LogP contribution in [0.4, 0.5) is 13.2 Å². The quantitative estimate of drug-likeness (QED) is 0.609. The minimum Gasteiger partial charge on any atom is -0.368 e. The minimum absolute atomic E-state index is 1.02. The highest BCUT2D eigenvalue weighted by atomic mass is 19.4. The molecule has 2 amide bonds. The molecular formula is C5H7F3N2O2. The second-order valence-corrected chi connectivity index (χ2v) is 2.10. The highest BCUT2D eigenvalue weighted by Crippen LogP contribution is 2.14. The van der Waals surface area contributed by atoms with Crippen LogP contribution in [0.25, 0.3) is 0 Å². The van der Waals surface area contributed by atoms with Gasteiger partial charge in [0.1, 0.15) is 6.04 Å². The zero-order valence-corrected chi connectivity index (χ0v) is 6.11. The molecule has 0 fully saturated rings. The average Bonchev–Trinajstić information content (AvgIpc) is 1.85. The largest absolute Gasteiger partial charge is 0.471 e. The van der Waals surface area contributed by atoms with E-state index in [9.17, 15) is 22.8 Å². The van der Waals surface area contributed by atoms with Crippen molar-refractivity contribution in [2.75, 3.05) is 0 Å². The molecule has 0 spiro atoms. The van der Waals surface area contributed by atoms with Crippen molar-refractivity contribution in [3.8, 4) is 0 Å². The van der Waals surface area contributed by atoms with E-state index in [1.54, 1.807) is 0 Å². The predicted molar refractivity (Wildman–Crippen MR) is 32.9 cm³/mol. The van der Waals surface area contributed by atoms with Gasteiger partial charge >= 0.3 is 12.1 Å². The Morgan fingerprint density at radius 2 is 1.83 bits per heavy atom. The molecule has 4 nitrogen and oxygen atoms in total. The van der Waals surface area contributed by atoms with Gasteiger partial charge in [0.2, 0.25) is 5.91 Å². The lowest BCUT2D eigenvalue weighted by molar-refractivity contribution is -0.174. The lowest BCUT2D eigenvalue weighted by Crippen LogP contribution is -2.47. The van der Waals surface area contributed by atoms with Gasteiger partial charge in [-0.25, -0.2) is 0 Å². The molecular weight excluding hydrogens is 177 g/mol. The number of primary amides is 1. The summed E-state index contributed by atoms with van der Waals surface area (Å²) in [7, 11) is 0. The van der Waals surface area contributed by atoms with Crippen LogP contribution in [0.3, 0.4) is 0 Å². The summed E-state index contributed by atoms with van der Waals surface area (Å²) in [6.07, 6.45) is -4.98. The van der Waals surface area contributed by atoms with Crippen LogP contribution >= 0.6 is 0 Å².